The lowest BCUT2D eigenvalue weighted by Crippen LogP contribution is -2.23. The van der Waals surface area contributed by atoms with E-state index in [1.165, 1.54) is 11.8 Å². The molecule has 1 amide bonds. The van der Waals surface area contributed by atoms with Crippen molar-refractivity contribution >= 4 is 17.7 Å². The summed E-state index contributed by atoms with van der Waals surface area (Å²) < 4.78 is 1.93. The molecule has 1 atom stereocenters. The largest absolute Gasteiger partial charge is 0.369 e. The highest BCUT2D eigenvalue weighted by Crippen LogP contribution is 2.25. The molecule has 1 unspecified atom stereocenters. The van der Waals surface area contributed by atoms with Crippen molar-refractivity contribution in [2.75, 3.05) is 0 Å². The lowest BCUT2D eigenvalue weighted by Gasteiger charge is -2.11. The molecule has 0 aliphatic carbocycles. The van der Waals surface area contributed by atoms with Crippen LogP contribution in [-0.2, 0) is 4.79 Å². The number of hydrogen-bond acceptors (Lipinski definition) is 4. The van der Waals surface area contributed by atoms with Crippen LogP contribution in [0, 0.1) is 13.8 Å². The standard InChI is InChI=1S/C13H16N4OS/c1-8-5-4-6-11(7-8)17-10(3)15-16-13(17)19-9(2)12(14)18/h4-7,9H,1-3H3,(H2,14,18). The average Bonchev–Trinajstić information content (AvgIpc) is 2.70. The molecule has 2 N–H and O–H groups in total. The van der Waals surface area contributed by atoms with Crippen LogP contribution < -0.4 is 5.73 Å². The monoisotopic (exact) mass is 276 g/mol. The zero-order valence-corrected chi connectivity index (χ0v) is 11.9. The third kappa shape index (κ3) is 2.96. The van der Waals surface area contributed by atoms with E-state index in [2.05, 4.69) is 16.3 Å². The van der Waals surface area contributed by atoms with Gasteiger partial charge in [-0.3, -0.25) is 9.36 Å². The van der Waals surface area contributed by atoms with Crippen LogP contribution in [0.2, 0.25) is 0 Å². The summed E-state index contributed by atoms with van der Waals surface area (Å²) in [6.45, 7) is 5.67. The summed E-state index contributed by atoms with van der Waals surface area (Å²) in [6.07, 6.45) is 0. The number of amides is 1. The first-order valence-corrected chi connectivity index (χ1v) is 6.82. The van der Waals surface area contributed by atoms with E-state index in [9.17, 15) is 4.79 Å². The Labute approximate surface area is 116 Å². The van der Waals surface area contributed by atoms with E-state index in [-0.39, 0.29) is 11.2 Å². The molecule has 1 aromatic carbocycles. The lowest BCUT2D eigenvalue weighted by atomic mass is 10.2. The number of hydrogen-bond donors (Lipinski definition) is 1. The van der Waals surface area contributed by atoms with E-state index < -0.39 is 0 Å². The first-order valence-electron chi connectivity index (χ1n) is 5.94. The number of aromatic nitrogens is 3. The van der Waals surface area contributed by atoms with Crippen LogP contribution in [0.4, 0.5) is 0 Å². The lowest BCUT2D eigenvalue weighted by molar-refractivity contribution is -0.117. The van der Waals surface area contributed by atoms with Crippen molar-refractivity contribution in [3.05, 3.63) is 35.7 Å². The van der Waals surface area contributed by atoms with E-state index in [1.54, 1.807) is 6.92 Å². The molecule has 0 saturated heterocycles. The van der Waals surface area contributed by atoms with Gasteiger partial charge in [-0.05, 0) is 38.5 Å². The first-order chi connectivity index (χ1) is 8.99. The van der Waals surface area contributed by atoms with Crippen molar-refractivity contribution in [1.82, 2.24) is 14.8 Å². The number of nitrogens with two attached hydrogens (primary N) is 1. The molecule has 0 aliphatic heterocycles. The normalized spacial score (nSPS) is 12.4. The number of carbonyl (C=O) groups excluding carboxylic acids is 1. The van der Waals surface area contributed by atoms with Gasteiger partial charge < -0.3 is 5.73 Å². The predicted octanol–water partition coefficient (Wildman–Crippen LogP) is 1.85. The Morgan fingerprint density at radius 2 is 2.11 bits per heavy atom. The molecule has 100 valence electrons. The first kappa shape index (κ1) is 13.6. The molecule has 0 fully saturated rings. The van der Waals surface area contributed by atoms with E-state index in [4.69, 9.17) is 5.73 Å². The molecule has 0 aliphatic rings. The third-order valence-electron chi connectivity index (χ3n) is 2.74. The van der Waals surface area contributed by atoms with Gasteiger partial charge in [0.05, 0.1) is 5.25 Å². The fraction of sp³-hybridized carbons (Fsp3) is 0.308. The highest BCUT2D eigenvalue weighted by atomic mass is 32.2. The van der Waals surface area contributed by atoms with Gasteiger partial charge in [-0.25, -0.2) is 0 Å². The van der Waals surface area contributed by atoms with Crippen molar-refractivity contribution in [2.45, 2.75) is 31.2 Å². The maximum Gasteiger partial charge on any atom is 0.230 e. The van der Waals surface area contributed by atoms with Crippen LogP contribution in [-0.4, -0.2) is 25.9 Å². The topological polar surface area (TPSA) is 73.8 Å². The van der Waals surface area contributed by atoms with Crippen molar-refractivity contribution in [3.63, 3.8) is 0 Å². The molecular formula is C13H16N4OS. The van der Waals surface area contributed by atoms with Crippen LogP contribution in [0.3, 0.4) is 0 Å². The molecule has 0 radical (unpaired) electrons. The molecule has 6 heteroatoms. The quantitative estimate of drug-likeness (QED) is 0.865. The number of primary amides is 1. The van der Waals surface area contributed by atoms with Crippen molar-refractivity contribution < 1.29 is 4.79 Å². The minimum absolute atomic E-state index is 0.341. The summed E-state index contributed by atoms with van der Waals surface area (Å²) in [4.78, 5) is 11.2. The van der Waals surface area contributed by atoms with Crippen molar-refractivity contribution in [2.24, 2.45) is 5.73 Å². The SMILES string of the molecule is Cc1cccc(-n2c(C)nnc2SC(C)C(N)=O)c1. The minimum Gasteiger partial charge on any atom is -0.369 e. The van der Waals surface area contributed by atoms with Crippen LogP contribution in [0.25, 0.3) is 5.69 Å². The van der Waals surface area contributed by atoms with E-state index in [0.717, 1.165) is 17.1 Å². The number of rotatable bonds is 4. The highest BCUT2D eigenvalue weighted by molar-refractivity contribution is 8.00. The molecule has 0 saturated carbocycles. The number of benzene rings is 1. The zero-order valence-electron chi connectivity index (χ0n) is 11.1. The summed E-state index contributed by atoms with van der Waals surface area (Å²) in [5.74, 6) is 0.422. The highest BCUT2D eigenvalue weighted by Gasteiger charge is 2.17. The van der Waals surface area contributed by atoms with Gasteiger partial charge in [-0.1, -0.05) is 23.9 Å². The minimum atomic E-state index is -0.360. The smallest absolute Gasteiger partial charge is 0.230 e. The molecular weight excluding hydrogens is 260 g/mol. The Bertz CT molecular complexity index is 608. The maximum atomic E-state index is 11.2. The van der Waals surface area contributed by atoms with Crippen molar-refractivity contribution in [3.8, 4) is 5.69 Å². The summed E-state index contributed by atoms with van der Waals surface area (Å²) in [5.41, 5.74) is 7.43. The Hall–Kier alpha value is -1.82. The fourth-order valence-electron chi connectivity index (χ4n) is 1.70. The number of aryl methyl sites for hydroxylation is 2. The number of carbonyl (C=O) groups is 1. The van der Waals surface area contributed by atoms with Gasteiger partial charge in [-0.2, -0.15) is 0 Å². The van der Waals surface area contributed by atoms with Crippen LogP contribution >= 0.6 is 11.8 Å². The molecule has 1 heterocycles. The maximum absolute atomic E-state index is 11.2. The molecule has 1 aromatic heterocycles. The van der Waals surface area contributed by atoms with Gasteiger partial charge in [0.1, 0.15) is 5.82 Å². The Balaban J connectivity index is 2.40. The molecule has 19 heavy (non-hydrogen) atoms. The second-order valence-electron chi connectivity index (χ2n) is 4.37. The van der Waals surface area contributed by atoms with E-state index in [1.807, 2.05) is 36.6 Å². The fourth-order valence-corrected chi connectivity index (χ4v) is 2.56. The number of thioether (sulfide) groups is 1. The molecule has 0 spiro atoms. The Morgan fingerprint density at radius 1 is 1.37 bits per heavy atom. The second kappa shape index (κ2) is 5.44. The molecule has 2 aromatic rings. The predicted molar refractivity (Wildman–Crippen MR) is 75.3 cm³/mol. The number of nitrogens with zero attached hydrogens (tertiary/aromatic N) is 3. The summed E-state index contributed by atoms with van der Waals surface area (Å²) in [7, 11) is 0. The van der Waals surface area contributed by atoms with Gasteiger partial charge >= 0.3 is 0 Å². The van der Waals surface area contributed by atoms with E-state index in [0.29, 0.717) is 5.16 Å². The van der Waals surface area contributed by atoms with Crippen LogP contribution in [0.1, 0.15) is 18.3 Å². The third-order valence-corrected chi connectivity index (χ3v) is 3.80. The van der Waals surface area contributed by atoms with E-state index >= 15 is 0 Å². The van der Waals surface area contributed by atoms with Gasteiger partial charge in [0.2, 0.25) is 5.91 Å². The summed E-state index contributed by atoms with van der Waals surface area (Å²) in [6, 6.07) is 8.05. The zero-order chi connectivity index (χ0) is 14.0. The van der Waals surface area contributed by atoms with Gasteiger partial charge in [0.15, 0.2) is 5.16 Å². The van der Waals surface area contributed by atoms with Crippen molar-refractivity contribution in [1.29, 1.82) is 0 Å². The summed E-state index contributed by atoms with van der Waals surface area (Å²) >= 11 is 1.31. The Kier molecular flexibility index (Phi) is 3.90. The molecule has 2 rings (SSSR count). The summed E-state index contributed by atoms with van der Waals surface area (Å²) in [5, 5.41) is 8.52. The molecule has 5 nitrogen and oxygen atoms in total. The van der Waals surface area contributed by atoms with Crippen LogP contribution in [0.15, 0.2) is 29.4 Å². The molecule has 0 bridgehead atoms. The second-order valence-corrected chi connectivity index (χ2v) is 5.67. The Morgan fingerprint density at radius 3 is 2.74 bits per heavy atom. The van der Waals surface area contributed by atoms with Gasteiger partial charge in [0.25, 0.3) is 0 Å². The average molecular weight is 276 g/mol. The van der Waals surface area contributed by atoms with Crippen LogP contribution in [0.5, 0.6) is 0 Å². The van der Waals surface area contributed by atoms with Gasteiger partial charge in [0, 0.05) is 5.69 Å². The van der Waals surface area contributed by atoms with Gasteiger partial charge in [-0.15, -0.1) is 10.2 Å².